The number of Topliss-reactive ketones (excluding diaryl/α,β-unsaturated/α-hetero) is 3. The molecule has 1 saturated carbocycles. The van der Waals surface area contributed by atoms with Crippen LogP contribution >= 0.6 is 0 Å². The molecule has 4 atom stereocenters. The number of aromatic hydroxyl groups is 1. The van der Waals surface area contributed by atoms with E-state index in [4.69, 9.17) is 0 Å². The van der Waals surface area contributed by atoms with Crippen molar-refractivity contribution in [1.29, 1.82) is 0 Å². The van der Waals surface area contributed by atoms with Gasteiger partial charge in [0.1, 0.15) is 22.8 Å². The zero-order chi connectivity index (χ0) is 31.9. The molecular weight excluding hydrogens is 556 g/mol. The minimum Gasteiger partial charge on any atom is -0.511 e. The summed E-state index contributed by atoms with van der Waals surface area (Å²) in [6.45, 7) is 8.33. The Morgan fingerprint density at radius 2 is 1.75 bits per heavy atom. The molecule has 5 aliphatic rings. The van der Waals surface area contributed by atoms with Crippen LogP contribution in [0, 0.1) is 28.6 Å². The van der Waals surface area contributed by atoms with Gasteiger partial charge in [-0.05, 0) is 72.8 Å². The second-order valence-electron chi connectivity index (χ2n) is 14.8. The highest BCUT2D eigenvalue weighted by Gasteiger charge is 2.71. The van der Waals surface area contributed by atoms with Gasteiger partial charge in [-0.1, -0.05) is 78.0 Å². The van der Waals surface area contributed by atoms with E-state index in [0.717, 1.165) is 50.2 Å². The van der Waals surface area contributed by atoms with Crippen LogP contribution < -0.4 is 0 Å². The fraction of sp³-hybridized carbons (Fsp3) is 0.541. The third-order valence-electron chi connectivity index (χ3n) is 11.4. The lowest BCUT2D eigenvalue weighted by Crippen LogP contribution is -2.67. The predicted molar refractivity (Wildman–Crippen MR) is 167 cm³/mol. The molecule has 1 aromatic carbocycles. The normalized spacial score (nSPS) is 32.2. The molecule has 0 radical (unpaired) electrons. The molecule has 7 nitrogen and oxygen atoms in total. The smallest absolute Gasteiger partial charge is 0.209 e. The SMILES string of the molecule is CC(=O)C1=C(O)C(C(C)C)[C@@]2(C)C[C@@]3(C)Cc4c(C5=CCC=C5)cc(CC5CCCCC5)c(O)c4C(=O)C3=C(O)[C@@]2(O)C1=O. The Hall–Kier alpha value is -3.45. The number of aliphatic hydroxyl groups is 3. The number of fused-ring (bicyclic) bond motifs is 3. The van der Waals surface area contributed by atoms with Gasteiger partial charge < -0.3 is 20.4 Å². The van der Waals surface area contributed by atoms with Gasteiger partial charge in [0.2, 0.25) is 5.78 Å². The first-order valence-corrected chi connectivity index (χ1v) is 16.1. The molecule has 6 rings (SSSR count). The number of carbonyl (C=O) groups is 3. The van der Waals surface area contributed by atoms with Gasteiger partial charge >= 0.3 is 0 Å². The van der Waals surface area contributed by atoms with E-state index < -0.39 is 51.0 Å². The minimum absolute atomic E-state index is 0.0871. The van der Waals surface area contributed by atoms with Crippen molar-refractivity contribution in [3.05, 3.63) is 69.2 Å². The maximum absolute atomic E-state index is 14.7. The lowest BCUT2D eigenvalue weighted by molar-refractivity contribution is -0.171. The Labute approximate surface area is 259 Å². The van der Waals surface area contributed by atoms with Crippen LogP contribution in [-0.2, 0) is 22.4 Å². The largest absolute Gasteiger partial charge is 0.511 e. The molecule has 0 aliphatic heterocycles. The average Bonchev–Trinajstić information content (AvgIpc) is 3.47. The van der Waals surface area contributed by atoms with Gasteiger partial charge in [0.15, 0.2) is 17.2 Å². The van der Waals surface area contributed by atoms with Crippen LogP contribution in [0.2, 0.25) is 0 Å². The van der Waals surface area contributed by atoms with Gasteiger partial charge in [0.05, 0.1) is 5.56 Å². The Kier molecular flexibility index (Phi) is 7.15. The fourth-order valence-electron chi connectivity index (χ4n) is 9.63. The van der Waals surface area contributed by atoms with E-state index in [0.29, 0.717) is 23.5 Å². The van der Waals surface area contributed by atoms with E-state index in [1.807, 2.05) is 32.9 Å². The van der Waals surface area contributed by atoms with E-state index in [1.165, 1.54) is 6.42 Å². The topological polar surface area (TPSA) is 132 Å². The fourth-order valence-corrected chi connectivity index (χ4v) is 9.63. The standard InChI is InChI=1S/C37H44O7/c1-19(2)28-31(40)26(20(3)38)33(42)37(44)34(43)29-32(41)27-25(17-35(29,4)18-36(28,37)5)24(22-13-9-10-14-22)16-23(30(27)39)15-21-11-7-6-8-12-21/h9,13-14,16,19,21,28,39-40,43-44H,6-8,10-12,15,17-18H2,1-5H3/t28?,35-,36-,37+/m1/s1. The van der Waals surface area contributed by atoms with E-state index in [-0.39, 0.29) is 41.4 Å². The van der Waals surface area contributed by atoms with Crippen LogP contribution in [0.4, 0.5) is 0 Å². The number of allylic oxidation sites excluding steroid dienone is 6. The molecule has 0 heterocycles. The van der Waals surface area contributed by atoms with Crippen molar-refractivity contribution in [3.8, 4) is 5.75 Å². The molecule has 1 aromatic rings. The van der Waals surface area contributed by atoms with E-state index in [1.54, 1.807) is 6.92 Å². The van der Waals surface area contributed by atoms with Crippen LogP contribution in [0.25, 0.3) is 5.57 Å². The molecule has 44 heavy (non-hydrogen) atoms. The second kappa shape index (κ2) is 10.3. The number of hydrogen-bond acceptors (Lipinski definition) is 7. The van der Waals surface area contributed by atoms with Crippen molar-refractivity contribution < 1.29 is 34.8 Å². The van der Waals surface area contributed by atoms with Crippen LogP contribution in [0.5, 0.6) is 5.75 Å². The van der Waals surface area contributed by atoms with Gasteiger partial charge in [0, 0.05) is 22.3 Å². The van der Waals surface area contributed by atoms with Gasteiger partial charge in [-0.15, -0.1) is 0 Å². The van der Waals surface area contributed by atoms with Crippen molar-refractivity contribution >= 4 is 22.9 Å². The molecule has 0 amide bonds. The summed E-state index contributed by atoms with van der Waals surface area (Å²) < 4.78 is 0. The van der Waals surface area contributed by atoms with Crippen LogP contribution in [0.1, 0.15) is 107 Å². The van der Waals surface area contributed by atoms with E-state index >= 15 is 0 Å². The summed E-state index contributed by atoms with van der Waals surface area (Å²) in [5.74, 6) is -4.41. The Bertz CT molecular complexity index is 1610. The van der Waals surface area contributed by atoms with Gasteiger partial charge in [0.25, 0.3) is 0 Å². The summed E-state index contributed by atoms with van der Waals surface area (Å²) in [7, 11) is 0. The molecule has 0 spiro atoms. The third kappa shape index (κ3) is 4.07. The maximum atomic E-state index is 14.7. The monoisotopic (exact) mass is 600 g/mol. The quantitative estimate of drug-likeness (QED) is 0.273. The summed E-state index contributed by atoms with van der Waals surface area (Å²) in [4.78, 5) is 41.3. The Balaban J connectivity index is 1.59. The number of hydrogen-bond donors (Lipinski definition) is 4. The number of rotatable bonds is 5. The first-order valence-electron chi connectivity index (χ1n) is 16.1. The lowest BCUT2D eigenvalue weighted by Gasteiger charge is -2.59. The van der Waals surface area contributed by atoms with E-state index in [9.17, 15) is 34.8 Å². The molecule has 1 fully saturated rings. The lowest BCUT2D eigenvalue weighted by atomic mass is 9.44. The summed E-state index contributed by atoms with van der Waals surface area (Å²) in [5, 5.41) is 47.4. The number of aliphatic hydroxyl groups excluding tert-OH is 2. The zero-order valence-corrected chi connectivity index (χ0v) is 26.4. The van der Waals surface area contributed by atoms with E-state index in [2.05, 4.69) is 12.2 Å². The van der Waals surface area contributed by atoms with Gasteiger partial charge in [-0.3, -0.25) is 14.4 Å². The molecule has 7 heteroatoms. The predicted octanol–water partition coefficient (Wildman–Crippen LogP) is 6.81. The van der Waals surface area contributed by atoms with Crippen LogP contribution in [0.3, 0.4) is 0 Å². The average molecular weight is 601 g/mol. The summed E-state index contributed by atoms with van der Waals surface area (Å²) in [6.07, 6.45) is 13.6. The minimum atomic E-state index is -2.61. The van der Waals surface area contributed by atoms with Gasteiger partial charge in [-0.25, -0.2) is 0 Å². The highest BCUT2D eigenvalue weighted by Crippen LogP contribution is 2.65. The van der Waals surface area contributed by atoms with Crippen molar-refractivity contribution in [2.45, 2.75) is 98.0 Å². The summed E-state index contributed by atoms with van der Waals surface area (Å²) in [5.41, 5.74) is -2.33. The second-order valence-corrected chi connectivity index (χ2v) is 14.8. The Morgan fingerprint density at radius 1 is 1.07 bits per heavy atom. The molecule has 4 N–H and O–H groups in total. The summed E-state index contributed by atoms with van der Waals surface area (Å²) >= 11 is 0. The van der Waals surface area contributed by atoms with Crippen molar-refractivity contribution in [1.82, 2.24) is 0 Å². The maximum Gasteiger partial charge on any atom is 0.209 e. The molecule has 1 unspecified atom stereocenters. The highest BCUT2D eigenvalue weighted by atomic mass is 16.3. The first kappa shape index (κ1) is 30.6. The third-order valence-corrected chi connectivity index (χ3v) is 11.4. The van der Waals surface area contributed by atoms with Crippen molar-refractivity contribution in [2.75, 3.05) is 0 Å². The summed E-state index contributed by atoms with van der Waals surface area (Å²) in [6, 6.07) is 2.03. The zero-order valence-electron chi connectivity index (χ0n) is 26.4. The number of benzene rings is 1. The molecule has 5 aliphatic carbocycles. The Morgan fingerprint density at radius 3 is 2.34 bits per heavy atom. The number of ketones is 3. The molecule has 0 aromatic heterocycles. The first-order chi connectivity index (χ1) is 20.7. The number of phenolic OH excluding ortho intramolecular Hbond substituents is 1. The van der Waals surface area contributed by atoms with Crippen molar-refractivity contribution in [3.63, 3.8) is 0 Å². The number of phenols is 1. The highest BCUT2D eigenvalue weighted by molar-refractivity contribution is 6.25. The van der Waals surface area contributed by atoms with Crippen LogP contribution in [0.15, 0.2) is 47.0 Å². The van der Waals surface area contributed by atoms with Crippen molar-refractivity contribution in [2.24, 2.45) is 28.6 Å². The molecule has 0 bridgehead atoms. The molecule has 0 saturated heterocycles. The molecular formula is C37H44O7. The van der Waals surface area contributed by atoms with Crippen LogP contribution in [-0.4, -0.2) is 43.4 Å². The van der Waals surface area contributed by atoms with Gasteiger partial charge in [-0.2, -0.15) is 0 Å². The molecule has 234 valence electrons. The number of carbonyl (C=O) groups excluding carboxylic acids is 3.